The highest BCUT2D eigenvalue weighted by atomic mass is 35.5. The molecule has 6 heteroatoms. The van der Waals surface area contributed by atoms with Gasteiger partial charge in [0.1, 0.15) is 0 Å². The Kier molecular flexibility index (Phi) is 6.55. The lowest BCUT2D eigenvalue weighted by Crippen LogP contribution is -2.48. The molecule has 1 heterocycles. The Morgan fingerprint density at radius 2 is 2.19 bits per heavy atom. The van der Waals surface area contributed by atoms with Crippen molar-refractivity contribution >= 4 is 22.4 Å². The lowest BCUT2D eigenvalue weighted by atomic mass is 9.96. The lowest BCUT2D eigenvalue weighted by molar-refractivity contribution is 0.250. The van der Waals surface area contributed by atoms with Gasteiger partial charge in [0.05, 0.1) is 5.75 Å². The van der Waals surface area contributed by atoms with Crippen LogP contribution in [0.3, 0.4) is 0 Å². The predicted octanol–water partition coefficient (Wildman–Crippen LogP) is 0.983. The summed E-state index contributed by atoms with van der Waals surface area (Å²) in [6.45, 7) is 6.65. The van der Waals surface area contributed by atoms with E-state index in [0.717, 1.165) is 6.42 Å². The average Bonchev–Trinajstić information content (AvgIpc) is 2.19. The van der Waals surface area contributed by atoms with Crippen LogP contribution in [0.5, 0.6) is 0 Å². The third kappa shape index (κ3) is 4.05. The van der Waals surface area contributed by atoms with Gasteiger partial charge in [-0.2, -0.15) is 0 Å². The first kappa shape index (κ1) is 15.9. The van der Waals surface area contributed by atoms with Crippen LogP contribution in [0.2, 0.25) is 0 Å². The van der Waals surface area contributed by atoms with E-state index in [-0.39, 0.29) is 30.1 Å². The zero-order valence-corrected chi connectivity index (χ0v) is 11.3. The molecule has 0 aromatic rings. The Morgan fingerprint density at radius 3 is 2.69 bits per heavy atom. The summed E-state index contributed by atoms with van der Waals surface area (Å²) in [6, 6.07) is 0.135. The molecule has 1 aliphatic rings. The smallest absolute Gasteiger partial charge is 0.214 e. The van der Waals surface area contributed by atoms with Gasteiger partial charge in [0.25, 0.3) is 0 Å². The summed E-state index contributed by atoms with van der Waals surface area (Å²) in [5.74, 6) is 0.413. The first-order valence-corrected chi connectivity index (χ1v) is 6.92. The van der Waals surface area contributed by atoms with Crippen LogP contribution < -0.4 is 5.73 Å². The van der Waals surface area contributed by atoms with Crippen molar-refractivity contribution in [3.8, 4) is 0 Å². The quantitative estimate of drug-likeness (QED) is 0.774. The topological polar surface area (TPSA) is 63.4 Å². The normalized spacial score (nSPS) is 27.1. The Labute approximate surface area is 104 Å². The molecule has 2 N–H and O–H groups in total. The van der Waals surface area contributed by atoms with Gasteiger partial charge in [-0.3, -0.25) is 0 Å². The molecular weight excluding hydrogens is 248 g/mol. The molecule has 0 aromatic carbocycles. The van der Waals surface area contributed by atoms with E-state index in [0.29, 0.717) is 19.5 Å². The second-order valence-electron chi connectivity index (χ2n) is 4.18. The second-order valence-corrected chi connectivity index (χ2v) is 6.27. The summed E-state index contributed by atoms with van der Waals surface area (Å²) in [7, 11) is -3.10. The van der Waals surface area contributed by atoms with Crippen molar-refractivity contribution in [2.24, 2.45) is 11.7 Å². The minimum Gasteiger partial charge on any atom is -0.327 e. The predicted molar refractivity (Wildman–Crippen MR) is 69.2 cm³/mol. The molecular formula is C10H21ClN2O2S. The Bertz CT molecular complexity index is 319. The summed E-state index contributed by atoms with van der Waals surface area (Å²) in [5, 5.41) is 0. The Hall–Kier alpha value is -0.100. The molecule has 16 heavy (non-hydrogen) atoms. The van der Waals surface area contributed by atoms with Gasteiger partial charge in [0.2, 0.25) is 10.0 Å². The van der Waals surface area contributed by atoms with Crippen molar-refractivity contribution in [2.75, 3.05) is 18.8 Å². The summed E-state index contributed by atoms with van der Waals surface area (Å²) < 4.78 is 25.2. The van der Waals surface area contributed by atoms with E-state index in [4.69, 9.17) is 5.73 Å². The van der Waals surface area contributed by atoms with Gasteiger partial charge in [-0.1, -0.05) is 13.0 Å². The number of allylic oxidation sites excluding steroid dienone is 1. The molecule has 0 aliphatic carbocycles. The number of rotatable bonds is 4. The van der Waals surface area contributed by atoms with Gasteiger partial charge < -0.3 is 5.73 Å². The number of nitrogens with zero attached hydrogens (tertiary/aromatic N) is 1. The number of piperidine rings is 1. The Balaban J connectivity index is 0.00000225. The van der Waals surface area contributed by atoms with E-state index < -0.39 is 10.0 Å². The fourth-order valence-corrected chi connectivity index (χ4v) is 3.31. The number of halogens is 1. The van der Waals surface area contributed by atoms with Gasteiger partial charge in [0, 0.05) is 19.1 Å². The third-order valence-electron chi connectivity index (χ3n) is 2.91. The van der Waals surface area contributed by atoms with E-state index in [1.807, 2.05) is 6.92 Å². The highest BCUT2D eigenvalue weighted by molar-refractivity contribution is 7.89. The second kappa shape index (κ2) is 6.59. The van der Waals surface area contributed by atoms with E-state index >= 15 is 0 Å². The maximum Gasteiger partial charge on any atom is 0.214 e. The monoisotopic (exact) mass is 268 g/mol. The molecule has 1 rings (SSSR count). The molecule has 4 nitrogen and oxygen atoms in total. The van der Waals surface area contributed by atoms with Crippen LogP contribution in [-0.2, 0) is 10.0 Å². The largest absolute Gasteiger partial charge is 0.327 e. The summed E-state index contributed by atoms with van der Waals surface area (Å²) in [5.41, 5.74) is 5.85. The number of hydrogen-bond donors (Lipinski definition) is 1. The summed E-state index contributed by atoms with van der Waals surface area (Å²) >= 11 is 0. The molecule has 1 aliphatic heterocycles. The molecule has 0 amide bonds. The highest BCUT2D eigenvalue weighted by Crippen LogP contribution is 2.18. The van der Waals surface area contributed by atoms with Crippen molar-refractivity contribution in [3.63, 3.8) is 0 Å². The van der Waals surface area contributed by atoms with Crippen LogP contribution >= 0.6 is 12.4 Å². The van der Waals surface area contributed by atoms with E-state index in [2.05, 4.69) is 6.58 Å². The molecule has 96 valence electrons. The number of sulfonamides is 1. The van der Waals surface area contributed by atoms with Crippen LogP contribution in [0.25, 0.3) is 0 Å². The standard InChI is InChI=1S/C10H20N2O2S.ClH/c1-3-4-7-15(13,14)12-6-5-10(11)9(2)8-12;/h3,9-10H,1,4-8,11H2,2H3;1H. The summed E-state index contributed by atoms with van der Waals surface area (Å²) in [4.78, 5) is 0. The maximum atomic E-state index is 11.8. The molecule has 0 saturated carbocycles. The SMILES string of the molecule is C=CCCS(=O)(=O)N1CCC(N)C(C)C1.Cl. The number of hydrogen-bond acceptors (Lipinski definition) is 3. The fraction of sp³-hybridized carbons (Fsp3) is 0.800. The van der Waals surface area contributed by atoms with Crippen LogP contribution in [0.4, 0.5) is 0 Å². The van der Waals surface area contributed by atoms with Gasteiger partial charge in [-0.15, -0.1) is 19.0 Å². The van der Waals surface area contributed by atoms with Crippen molar-refractivity contribution < 1.29 is 8.42 Å². The van der Waals surface area contributed by atoms with Crippen LogP contribution in [0.15, 0.2) is 12.7 Å². The minimum absolute atomic E-state index is 0. The molecule has 1 fully saturated rings. The average molecular weight is 269 g/mol. The number of nitrogens with two attached hydrogens (primary N) is 1. The third-order valence-corrected chi connectivity index (χ3v) is 4.78. The molecule has 0 spiro atoms. The van der Waals surface area contributed by atoms with Crippen LogP contribution in [0, 0.1) is 5.92 Å². The van der Waals surface area contributed by atoms with E-state index in [1.54, 1.807) is 10.4 Å². The van der Waals surface area contributed by atoms with Gasteiger partial charge in [-0.05, 0) is 18.8 Å². The Morgan fingerprint density at radius 1 is 1.56 bits per heavy atom. The van der Waals surface area contributed by atoms with Gasteiger partial charge in [-0.25, -0.2) is 12.7 Å². The van der Waals surface area contributed by atoms with Crippen LogP contribution in [0.1, 0.15) is 19.8 Å². The molecule has 2 atom stereocenters. The lowest BCUT2D eigenvalue weighted by Gasteiger charge is -2.34. The van der Waals surface area contributed by atoms with Crippen molar-refractivity contribution in [3.05, 3.63) is 12.7 Å². The maximum absolute atomic E-state index is 11.8. The molecule has 2 unspecified atom stereocenters. The zero-order chi connectivity index (χ0) is 11.5. The molecule has 0 bridgehead atoms. The highest BCUT2D eigenvalue weighted by Gasteiger charge is 2.30. The summed E-state index contributed by atoms with van der Waals surface area (Å²) in [6.07, 6.45) is 2.91. The molecule has 0 aromatic heterocycles. The van der Waals surface area contributed by atoms with Crippen molar-refractivity contribution in [2.45, 2.75) is 25.8 Å². The zero-order valence-electron chi connectivity index (χ0n) is 9.63. The van der Waals surface area contributed by atoms with Gasteiger partial charge >= 0.3 is 0 Å². The minimum atomic E-state index is -3.10. The van der Waals surface area contributed by atoms with Crippen molar-refractivity contribution in [1.29, 1.82) is 0 Å². The van der Waals surface area contributed by atoms with Crippen molar-refractivity contribution in [1.82, 2.24) is 4.31 Å². The molecule has 1 saturated heterocycles. The van der Waals surface area contributed by atoms with E-state index in [1.165, 1.54) is 0 Å². The first-order valence-electron chi connectivity index (χ1n) is 5.31. The fourth-order valence-electron chi connectivity index (χ4n) is 1.74. The van der Waals surface area contributed by atoms with Gasteiger partial charge in [0.15, 0.2) is 0 Å². The van der Waals surface area contributed by atoms with E-state index in [9.17, 15) is 8.42 Å². The molecule has 0 radical (unpaired) electrons. The first-order chi connectivity index (χ1) is 6.97. The van der Waals surface area contributed by atoms with Crippen LogP contribution in [-0.4, -0.2) is 37.6 Å².